The maximum atomic E-state index is 13.2. The number of amides is 2. The van der Waals surface area contributed by atoms with E-state index in [2.05, 4.69) is 27.8 Å². The van der Waals surface area contributed by atoms with Crippen LogP contribution in [0.5, 0.6) is 0 Å². The van der Waals surface area contributed by atoms with Crippen LogP contribution in [0.25, 0.3) is 0 Å². The molecule has 1 fully saturated rings. The molecule has 0 spiro atoms. The summed E-state index contributed by atoms with van der Waals surface area (Å²) in [5.74, 6) is 0.282. The predicted molar refractivity (Wildman–Crippen MR) is 119 cm³/mol. The molecular formula is C21H27FN4O2S2. The van der Waals surface area contributed by atoms with Crippen LogP contribution in [0.15, 0.2) is 28.6 Å². The first kappa shape index (κ1) is 22.7. The van der Waals surface area contributed by atoms with Crippen LogP contribution in [0.4, 0.5) is 15.2 Å². The molecule has 1 saturated carbocycles. The number of carbonyl (C=O) groups is 2. The molecular weight excluding hydrogens is 423 g/mol. The van der Waals surface area contributed by atoms with Crippen molar-refractivity contribution >= 4 is 45.7 Å². The predicted octanol–water partition coefficient (Wildman–Crippen LogP) is 5.34. The molecule has 2 amide bonds. The van der Waals surface area contributed by atoms with Gasteiger partial charge in [0.25, 0.3) is 0 Å². The summed E-state index contributed by atoms with van der Waals surface area (Å²) in [6, 6.07) is 5.75. The van der Waals surface area contributed by atoms with Crippen molar-refractivity contribution in [2.45, 2.75) is 56.2 Å². The molecule has 0 aliphatic heterocycles. The average molecular weight is 451 g/mol. The molecule has 0 saturated heterocycles. The number of carbonyl (C=O) groups excluding carboxylic acids is 2. The van der Waals surface area contributed by atoms with E-state index in [0.717, 1.165) is 31.6 Å². The molecule has 30 heavy (non-hydrogen) atoms. The fourth-order valence-corrected chi connectivity index (χ4v) is 5.18. The number of nitrogens with one attached hydrogen (secondary N) is 2. The van der Waals surface area contributed by atoms with Crippen molar-refractivity contribution in [3.8, 4) is 0 Å². The summed E-state index contributed by atoms with van der Waals surface area (Å²) in [5, 5.41) is 14.0. The van der Waals surface area contributed by atoms with Crippen LogP contribution in [0.1, 0.15) is 51.9 Å². The summed E-state index contributed by atoms with van der Waals surface area (Å²) in [6.07, 6.45) is 7.87. The van der Waals surface area contributed by atoms with Gasteiger partial charge in [-0.3, -0.25) is 9.59 Å². The van der Waals surface area contributed by atoms with E-state index < -0.39 is 5.82 Å². The molecule has 0 radical (unpaired) electrons. The largest absolute Gasteiger partial charge is 0.325 e. The van der Waals surface area contributed by atoms with Gasteiger partial charge in [-0.2, -0.15) is 0 Å². The SMILES string of the molecule is CCCCC1CCC(C(=O)Nc2nnc(SCC(=O)Nc3cccc(F)c3)s2)CC1. The second-order valence-electron chi connectivity index (χ2n) is 7.57. The number of anilines is 2. The Kier molecular flexibility index (Phi) is 8.62. The molecule has 1 heterocycles. The van der Waals surface area contributed by atoms with Gasteiger partial charge in [0.15, 0.2) is 4.34 Å². The molecule has 0 atom stereocenters. The number of thioether (sulfide) groups is 1. The minimum Gasteiger partial charge on any atom is -0.325 e. The van der Waals surface area contributed by atoms with Gasteiger partial charge in [0.2, 0.25) is 16.9 Å². The van der Waals surface area contributed by atoms with E-state index in [1.165, 1.54) is 60.6 Å². The zero-order valence-electron chi connectivity index (χ0n) is 17.0. The lowest BCUT2D eigenvalue weighted by atomic mass is 9.79. The van der Waals surface area contributed by atoms with Gasteiger partial charge >= 0.3 is 0 Å². The van der Waals surface area contributed by atoms with Crippen molar-refractivity contribution in [1.29, 1.82) is 0 Å². The molecule has 162 valence electrons. The monoisotopic (exact) mass is 450 g/mol. The van der Waals surface area contributed by atoms with Crippen LogP contribution >= 0.6 is 23.1 Å². The van der Waals surface area contributed by atoms with Crippen molar-refractivity contribution in [1.82, 2.24) is 10.2 Å². The molecule has 1 aliphatic rings. The number of halogens is 1. The highest BCUT2D eigenvalue weighted by molar-refractivity contribution is 8.01. The van der Waals surface area contributed by atoms with Crippen molar-refractivity contribution in [2.75, 3.05) is 16.4 Å². The van der Waals surface area contributed by atoms with E-state index in [9.17, 15) is 14.0 Å². The van der Waals surface area contributed by atoms with Gasteiger partial charge in [0.1, 0.15) is 5.82 Å². The number of benzene rings is 1. The van der Waals surface area contributed by atoms with Crippen molar-refractivity contribution in [3.05, 3.63) is 30.1 Å². The Morgan fingerprint density at radius 2 is 2.00 bits per heavy atom. The lowest BCUT2D eigenvalue weighted by molar-refractivity contribution is -0.121. The maximum absolute atomic E-state index is 13.2. The fraction of sp³-hybridized carbons (Fsp3) is 0.524. The topological polar surface area (TPSA) is 84.0 Å². The van der Waals surface area contributed by atoms with Crippen LogP contribution < -0.4 is 10.6 Å². The van der Waals surface area contributed by atoms with Crippen LogP contribution in [0.2, 0.25) is 0 Å². The third-order valence-electron chi connectivity index (χ3n) is 5.26. The average Bonchev–Trinajstić information content (AvgIpc) is 3.18. The molecule has 1 aliphatic carbocycles. The number of hydrogen-bond acceptors (Lipinski definition) is 6. The Labute approximate surface area is 184 Å². The Morgan fingerprint density at radius 1 is 1.20 bits per heavy atom. The summed E-state index contributed by atoms with van der Waals surface area (Å²) in [7, 11) is 0. The van der Waals surface area contributed by atoms with Crippen molar-refractivity contribution < 1.29 is 14.0 Å². The van der Waals surface area contributed by atoms with E-state index in [-0.39, 0.29) is 23.5 Å². The minimum atomic E-state index is -0.403. The lowest BCUT2D eigenvalue weighted by Crippen LogP contribution is -2.27. The zero-order valence-corrected chi connectivity index (χ0v) is 18.7. The normalized spacial score (nSPS) is 18.7. The Hall–Kier alpha value is -2.00. The summed E-state index contributed by atoms with van der Waals surface area (Å²) in [4.78, 5) is 24.5. The molecule has 9 heteroatoms. The van der Waals surface area contributed by atoms with Gasteiger partial charge in [0.05, 0.1) is 5.75 Å². The highest BCUT2D eigenvalue weighted by Crippen LogP contribution is 2.33. The highest BCUT2D eigenvalue weighted by Gasteiger charge is 2.26. The molecule has 1 aromatic heterocycles. The standard InChI is InChI=1S/C21H27FN4O2S2/c1-2-3-5-14-8-10-15(11-9-14)19(28)24-20-25-26-21(30-20)29-13-18(27)23-17-7-4-6-16(22)12-17/h4,6-7,12,14-15H,2-3,5,8-11,13H2,1H3,(H,23,27)(H,24,25,28). The maximum Gasteiger partial charge on any atom is 0.234 e. The summed E-state index contributed by atoms with van der Waals surface area (Å²) >= 11 is 2.49. The quantitative estimate of drug-likeness (QED) is 0.398. The van der Waals surface area contributed by atoms with Gasteiger partial charge in [-0.15, -0.1) is 10.2 Å². The fourth-order valence-electron chi connectivity index (χ4n) is 3.62. The van der Waals surface area contributed by atoms with Crippen molar-refractivity contribution in [2.24, 2.45) is 11.8 Å². The van der Waals surface area contributed by atoms with Crippen LogP contribution in [0, 0.1) is 17.7 Å². The molecule has 6 nitrogen and oxygen atoms in total. The van der Waals surface area contributed by atoms with Crippen LogP contribution in [-0.4, -0.2) is 27.8 Å². The smallest absolute Gasteiger partial charge is 0.234 e. The number of aromatic nitrogens is 2. The Morgan fingerprint density at radius 3 is 2.73 bits per heavy atom. The number of unbranched alkanes of at least 4 members (excludes halogenated alkanes) is 1. The molecule has 0 unspecified atom stereocenters. The summed E-state index contributed by atoms with van der Waals surface area (Å²) in [5.41, 5.74) is 0.412. The van der Waals surface area contributed by atoms with E-state index >= 15 is 0 Å². The highest BCUT2D eigenvalue weighted by atomic mass is 32.2. The lowest BCUT2D eigenvalue weighted by Gasteiger charge is -2.27. The minimum absolute atomic E-state index is 0.0143. The Balaban J connectivity index is 1.40. The molecule has 1 aromatic carbocycles. The van der Waals surface area contributed by atoms with Gasteiger partial charge in [-0.1, -0.05) is 55.4 Å². The second-order valence-corrected chi connectivity index (χ2v) is 9.77. The van der Waals surface area contributed by atoms with Gasteiger partial charge < -0.3 is 10.6 Å². The third-order valence-corrected chi connectivity index (χ3v) is 7.23. The van der Waals surface area contributed by atoms with Crippen LogP contribution in [-0.2, 0) is 9.59 Å². The first-order valence-electron chi connectivity index (χ1n) is 10.4. The first-order chi connectivity index (χ1) is 14.5. The Bertz CT molecular complexity index is 853. The van der Waals surface area contributed by atoms with E-state index in [0.29, 0.717) is 15.2 Å². The second kappa shape index (κ2) is 11.4. The molecule has 0 bridgehead atoms. The number of nitrogens with zero attached hydrogens (tertiary/aromatic N) is 2. The third kappa shape index (κ3) is 7.05. The summed E-state index contributed by atoms with van der Waals surface area (Å²) < 4.78 is 13.8. The number of rotatable bonds is 9. The molecule has 2 N–H and O–H groups in total. The zero-order chi connectivity index (χ0) is 21.3. The number of hydrogen-bond donors (Lipinski definition) is 2. The first-order valence-corrected chi connectivity index (χ1v) is 12.2. The summed E-state index contributed by atoms with van der Waals surface area (Å²) in [6.45, 7) is 2.21. The van der Waals surface area contributed by atoms with E-state index in [1.807, 2.05) is 0 Å². The molecule has 3 rings (SSSR count). The van der Waals surface area contributed by atoms with Crippen LogP contribution in [0.3, 0.4) is 0 Å². The van der Waals surface area contributed by atoms with Gasteiger partial charge in [0, 0.05) is 11.6 Å². The van der Waals surface area contributed by atoms with E-state index in [1.54, 1.807) is 6.07 Å². The van der Waals surface area contributed by atoms with E-state index in [4.69, 9.17) is 0 Å². The molecule has 2 aromatic rings. The van der Waals surface area contributed by atoms with Gasteiger partial charge in [-0.05, 0) is 49.8 Å². The van der Waals surface area contributed by atoms with Crippen molar-refractivity contribution in [3.63, 3.8) is 0 Å². The van der Waals surface area contributed by atoms with Gasteiger partial charge in [-0.25, -0.2) is 4.39 Å².